The van der Waals surface area contributed by atoms with Crippen LogP contribution >= 0.6 is 35.6 Å². The maximum atomic E-state index is 12.0. The zero-order valence-electron chi connectivity index (χ0n) is 11.5. The molecule has 1 aliphatic carbocycles. The predicted octanol–water partition coefficient (Wildman–Crippen LogP) is 3.18. The highest BCUT2D eigenvalue weighted by Crippen LogP contribution is 2.29. The molecular weight excluding hydrogens is 335 g/mol. The summed E-state index contributed by atoms with van der Waals surface area (Å²) in [6, 6.07) is 4.89. The molecule has 3 N–H and O–H groups in total. The topological polar surface area (TPSA) is 64.3 Å². The van der Waals surface area contributed by atoms with E-state index in [9.17, 15) is 4.79 Å². The Labute approximate surface area is 140 Å². The van der Waals surface area contributed by atoms with Gasteiger partial charge >= 0.3 is 0 Å². The molecular formula is C14H19Cl3N2O2. The molecule has 2 rings (SSSR count). The zero-order chi connectivity index (χ0) is 14.6. The number of ether oxygens (including phenoxy) is 1. The van der Waals surface area contributed by atoms with Crippen molar-refractivity contribution in [2.24, 2.45) is 5.73 Å². The Bertz CT molecular complexity index is 491. The van der Waals surface area contributed by atoms with Crippen molar-refractivity contribution in [3.63, 3.8) is 0 Å². The van der Waals surface area contributed by atoms with E-state index in [0.717, 1.165) is 25.7 Å². The Hall–Kier alpha value is -0.680. The number of rotatable bonds is 5. The minimum Gasteiger partial charge on any atom is -0.482 e. The predicted molar refractivity (Wildman–Crippen MR) is 87.6 cm³/mol. The molecule has 1 fully saturated rings. The number of hydrogen-bond acceptors (Lipinski definition) is 3. The number of halogens is 3. The van der Waals surface area contributed by atoms with Gasteiger partial charge in [-0.15, -0.1) is 12.4 Å². The molecule has 0 aromatic heterocycles. The molecule has 0 saturated heterocycles. The van der Waals surface area contributed by atoms with Gasteiger partial charge in [0.25, 0.3) is 5.91 Å². The number of nitrogens with one attached hydrogen (secondary N) is 1. The Kier molecular flexibility index (Phi) is 7.07. The molecule has 0 bridgehead atoms. The SMILES string of the molecule is Cl.NCC1(NC(=O)COc2cc(Cl)ccc2Cl)CCCC1. The molecule has 7 heteroatoms. The van der Waals surface area contributed by atoms with Crippen LogP contribution in [0.3, 0.4) is 0 Å². The lowest BCUT2D eigenvalue weighted by Gasteiger charge is -2.28. The van der Waals surface area contributed by atoms with Gasteiger partial charge in [0.15, 0.2) is 6.61 Å². The van der Waals surface area contributed by atoms with E-state index in [-0.39, 0.29) is 30.5 Å². The lowest BCUT2D eigenvalue weighted by molar-refractivity contribution is -0.124. The van der Waals surface area contributed by atoms with E-state index < -0.39 is 0 Å². The van der Waals surface area contributed by atoms with Gasteiger partial charge in [0, 0.05) is 17.6 Å². The van der Waals surface area contributed by atoms with Crippen molar-refractivity contribution in [3.8, 4) is 5.75 Å². The third kappa shape index (κ3) is 4.92. The standard InChI is InChI=1S/C14H18Cl2N2O2.ClH/c15-10-3-4-11(16)12(7-10)20-8-13(19)18-14(9-17)5-1-2-6-14;/h3-4,7H,1-2,5-6,8-9,17H2,(H,18,19);1H. The van der Waals surface area contributed by atoms with E-state index in [1.54, 1.807) is 18.2 Å². The van der Waals surface area contributed by atoms with Gasteiger partial charge in [-0.1, -0.05) is 36.0 Å². The fourth-order valence-electron chi connectivity index (χ4n) is 2.49. The third-order valence-electron chi connectivity index (χ3n) is 3.61. The first-order valence-electron chi connectivity index (χ1n) is 6.64. The summed E-state index contributed by atoms with van der Waals surface area (Å²) in [4.78, 5) is 12.0. The first kappa shape index (κ1) is 18.4. The molecule has 0 unspecified atom stereocenters. The first-order chi connectivity index (χ1) is 9.54. The number of amides is 1. The molecule has 0 atom stereocenters. The van der Waals surface area contributed by atoms with Crippen LogP contribution < -0.4 is 15.8 Å². The second-order valence-electron chi connectivity index (χ2n) is 5.10. The fraction of sp³-hybridized carbons (Fsp3) is 0.500. The highest BCUT2D eigenvalue weighted by atomic mass is 35.5. The highest BCUT2D eigenvalue weighted by Gasteiger charge is 2.33. The zero-order valence-corrected chi connectivity index (χ0v) is 13.9. The van der Waals surface area contributed by atoms with Crippen LogP contribution in [-0.2, 0) is 4.79 Å². The smallest absolute Gasteiger partial charge is 0.258 e. The second-order valence-corrected chi connectivity index (χ2v) is 5.95. The van der Waals surface area contributed by atoms with Gasteiger partial charge in [0.1, 0.15) is 5.75 Å². The van der Waals surface area contributed by atoms with Crippen LogP contribution in [0.5, 0.6) is 5.75 Å². The van der Waals surface area contributed by atoms with Gasteiger partial charge < -0.3 is 15.8 Å². The number of carbonyl (C=O) groups is 1. The van der Waals surface area contributed by atoms with Gasteiger partial charge in [-0.05, 0) is 25.0 Å². The third-order valence-corrected chi connectivity index (χ3v) is 4.16. The van der Waals surface area contributed by atoms with Crippen LogP contribution in [0.1, 0.15) is 25.7 Å². The summed E-state index contributed by atoms with van der Waals surface area (Å²) in [5, 5.41) is 3.92. The molecule has 4 nitrogen and oxygen atoms in total. The quantitative estimate of drug-likeness (QED) is 0.854. The van der Waals surface area contributed by atoms with Gasteiger partial charge in [0.05, 0.1) is 10.6 Å². The molecule has 0 spiro atoms. The summed E-state index contributed by atoms with van der Waals surface area (Å²) in [7, 11) is 0. The van der Waals surface area contributed by atoms with Crippen molar-refractivity contribution in [1.82, 2.24) is 5.32 Å². The van der Waals surface area contributed by atoms with E-state index in [0.29, 0.717) is 22.3 Å². The van der Waals surface area contributed by atoms with Crippen molar-refractivity contribution in [2.45, 2.75) is 31.2 Å². The van der Waals surface area contributed by atoms with Gasteiger partial charge in [-0.2, -0.15) is 0 Å². The van der Waals surface area contributed by atoms with Crippen LogP contribution in [0.4, 0.5) is 0 Å². The van der Waals surface area contributed by atoms with Crippen molar-refractivity contribution in [2.75, 3.05) is 13.2 Å². The minimum absolute atomic E-state index is 0. The van der Waals surface area contributed by atoms with Crippen LogP contribution in [0, 0.1) is 0 Å². The largest absolute Gasteiger partial charge is 0.482 e. The molecule has 21 heavy (non-hydrogen) atoms. The van der Waals surface area contributed by atoms with E-state index >= 15 is 0 Å². The summed E-state index contributed by atoms with van der Waals surface area (Å²) in [6.07, 6.45) is 4.04. The van der Waals surface area contributed by atoms with Gasteiger partial charge in [-0.25, -0.2) is 0 Å². The van der Waals surface area contributed by atoms with Gasteiger partial charge in [-0.3, -0.25) is 4.79 Å². The highest BCUT2D eigenvalue weighted by molar-refractivity contribution is 6.34. The number of hydrogen-bond donors (Lipinski definition) is 2. The molecule has 1 amide bonds. The summed E-state index contributed by atoms with van der Waals surface area (Å²) in [5.74, 6) is 0.218. The molecule has 0 radical (unpaired) electrons. The normalized spacial score (nSPS) is 16.1. The monoisotopic (exact) mass is 352 g/mol. The lowest BCUT2D eigenvalue weighted by Crippen LogP contribution is -2.52. The summed E-state index contributed by atoms with van der Waals surface area (Å²) >= 11 is 11.8. The average Bonchev–Trinajstić information content (AvgIpc) is 2.89. The number of nitrogens with two attached hydrogens (primary N) is 1. The Balaban J connectivity index is 0.00000220. The van der Waals surface area contributed by atoms with E-state index in [2.05, 4.69) is 5.32 Å². The van der Waals surface area contributed by atoms with E-state index in [1.807, 2.05) is 0 Å². The van der Waals surface area contributed by atoms with E-state index in [1.165, 1.54) is 0 Å². The molecule has 1 aromatic rings. The molecule has 1 aromatic carbocycles. The van der Waals surface area contributed by atoms with E-state index in [4.69, 9.17) is 33.7 Å². The van der Waals surface area contributed by atoms with Gasteiger partial charge in [0.2, 0.25) is 0 Å². The Morgan fingerprint density at radius 2 is 2.00 bits per heavy atom. The molecule has 1 aliphatic rings. The average molecular weight is 354 g/mol. The number of carbonyl (C=O) groups excluding carboxylic acids is 1. The van der Waals surface area contributed by atoms with Crippen molar-refractivity contribution in [3.05, 3.63) is 28.2 Å². The molecule has 1 saturated carbocycles. The Morgan fingerprint density at radius 1 is 1.33 bits per heavy atom. The molecule has 0 heterocycles. The van der Waals surface area contributed by atoms with Crippen molar-refractivity contribution in [1.29, 1.82) is 0 Å². The van der Waals surface area contributed by atoms with Crippen LogP contribution in [0.15, 0.2) is 18.2 Å². The fourth-order valence-corrected chi connectivity index (χ4v) is 2.83. The lowest BCUT2D eigenvalue weighted by atomic mass is 9.98. The molecule has 118 valence electrons. The summed E-state index contributed by atoms with van der Waals surface area (Å²) in [5.41, 5.74) is 5.51. The van der Waals surface area contributed by atoms with Crippen molar-refractivity contribution >= 4 is 41.5 Å². The first-order valence-corrected chi connectivity index (χ1v) is 7.39. The van der Waals surface area contributed by atoms with Crippen molar-refractivity contribution < 1.29 is 9.53 Å². The summed E-state index contributed by atoms with van der Waals surface area (Å²) < 4.78 is 5.41. The van der Waals surface area contributed by atoms with Crippen LogP contribution in [0.2, 0.25) is 10.0 Å². The maximum absolute atomic E-state index is 12.0. The van der Waals surface area contributed by atoms with Crippen LogP contribution in [0.25, 0.3) is 0 Å². The van der Waals surface area contributed by atoms with Crippen LogP contribution in [-0.4, -0.2) is 24.6 Å². The Morgan fingerprint density at radius 3 is 2.62 bits per heavy atom. The summed E-state index contributed by atoms with van der Waals surface area (Å²) in [6.45, 7) is 0.360. The minimum atomic E-state index is -0.265. The number of benzene rings is 1. The maximum Gasteiger partial charge on any atom is 0.258 e. The molecule has 0 aliphatic heterocycles. The second kappa shape index (κ2) is 8.08.